The lowest BCUT2D eigenvalue weighted by Crippen LogP contribution is -2.24. The minimum atomic E-state index is -4.39. The molecule has 3 N–H and O–H groups in total. The van der Waals surface area contributed by atoms with Gasteiger partial charge in [-0.15, -0.1) is 0 Å². The number of hydrogen-bond donors (Lipinski definition) is 3. The van der Waals surface area contributed by atoms with Crippen molar-refractivity contribution in [2.75, 3.05) is 11.4 Å². The third-order valence-corrected chi connectivity index (χ3v) is 5.29. The fourth-order valence-corrected chi connectivity index (χ4v) is 3.72. The number of anilines is 2. The molecule has 2 aromatic carbocycles. The molecule has 0 saturated heterocycles. The molecule has 0 fully saturated rings. The molecule has 0 spiro atoms. The van der Waals surface area contributed by atoms with Crippen LogP contribution in [0.25, 0.3) is 17.1 Å². The van der Waals surface area contributed by atoms with E-state index in [1.807, 2.05) is 41.3 Å². The molecule has 5 rings (SSSR count). The van der Waals surface area contributed by atoms with Gasteiger partial charge in [0.2, 0.25) is 0 Å². The molecule has 0 radical (unpaired) electrons. The standard InChI is InChI=1S/C23H18F3N5O/c24-23(25,26)15-7-9-16(10-8-15)31-11-3-4-14-12-19(30-21(14)31)22(32)27-13-20-28-17-5-1-2-6-18(17)29-20/h1-10,12,30H,11,13H2,(H,27,32)(H,28,29). The lowest BCUT2D eigenvalue weighted by atomic mass is 10.1. The molecule has 0 bridgehead atoms. The first-order valence-electron chi connectivity index (χ1n) is 9.95. The molecule has 162 valence electrons. The molecule has 2 aromatic heterocycles. The van der Waals surface area contributed by atoms with E-state index in [0.717, 1.165) is 28.7 Å². The van der Waals surface area contributed by atoms with E-state index in [1.54, 1.807) is 6.07 Å². The van der Waals surface area contributed by atoms with Crippen LogP contribution in [0.15, 0.2) is 60.7 Å². The smallest absolute Gasteiger partial charge is 0.344 e. The quantitative estimate of drug-likeness (QED) is 0.420. The number of benzene rings is 2. The zero-order valence-corrected chi connectivity index (χ0v) is 16.7. The Labute approximate surface area is 180 Å². The Kier molecular flexibility index (Phi) is 4.73. The van der Waals surface area contributed by atoms with Crippen molar-refractivity contribution in [3.8, 4) is 0 Å². The van der Waals surface area contributed by atoms with Gasteiger partial charge in [0, 0.05) is 17.8 Å². The Morgan fingerprint density at radius 2 is 1.88 bits per heavy atom. The molecule has 1 aliphatic rings. The Bertz CT molecular complexity index is 1280. The van der Waals surface area contributed by atoms with Crippen molar-refractivity contribution in [1.82, 2.24) is 20.3 Å². The van der Waals surface area contributed by atoms with Crippen LogP contribution in [0, 0.1) is 0 Å². The van der Waals surface area contributed by atoms with E-state index in [-0.39, 0.29) is 12.5 Å². The zero-order chi connectivity index (χ0) is 22.3. The summed E-state index contributed by atoms with van der Waals surface area (Å²) in [5, 5.41) is 2.83. The van der Waals surface area contributed by atoms with Crippen LogP contribution in [0.1, 0.15) is 27.4 Å². The molecule has 0 saturated carbocycles. The summed E-state index contributed by atoms with van der Waals surface area (Å²) in [5.41, 5.74) is 2.75. The molecule has 1 aliphatic heterocycles. The largest absolute Gasteiger partial charge is 0.416 e. The van der Waals surface area contributed by atoms with Crippen LogP contribution >= 0.6 is 0 Å². The molecule has 1 amide bonds. The number of para-hydroxylation sites is 2. The van der Waals surface area contributed by atoms with E-state index in [0.29, 0.717) is 29.6 Å². The fraction of sp³-hybridized carbons (Fsp3) is 0.130. The van der Waals surface area contributed by atoms with Gasteiger partial charge in [0.25, 0.3) is 5.91 Å². The number of rotatable bonds is 4. The predicted octanol–water partition coefficient (Wildman–Crippen LogP) is 5.00. The van der Waals surface area contributed by atoms with Crippen LogP contribution in [0.2, 0.25) is 0 Å². The molecule has 0 atom stereocenters. The number of imidazole rings is 1. The van der Waals surface area contributed by atoms with Crippen molar-refractivity contribution in [2.45, 2.75) is 12.7 Å². The van der Waals surface area contributed by atoms with E-state index < -0.39 is 11.7 Å². The summed E-state index contributed by atoms with van der Waals surface area (Å²) >= 11 is 0. The first kappa shape index (κ1) is 19.9. The predicted molar refractivity (Wildman–Crippen MR) is 116 cm³/mol. The molecule has 6 nitrogen and oxygen atoms in total. The first-order chi connectivity index (χ1) is 15.4. The van der Waals surface area contributed by atoms with E-state index in [9.17, 15) is 18.0 Å². The molecule has 4 aromatic rings. The number of alkyl halides is 3. The number of carbonyl (C=O) groups is 1. The summed E-state index contributed by atoms with van der Waals surface area (Å²) in [6, 6.07) is 14.3. The van der Waals surface area contributed by atoms with E-state index in [1.165, 1.54) is 12.1 Å². The zero-order valence-electron chi connectivity index (χ0n) is 16.7. The van der Waals surface area contributed by atoms with Crippen LogP contribution in [0.3, 0.4) is 0 Å². The number of amides is 1. The molecular formula is C23H18F3N5O. The summed E-state index contributed by atoms with van der Waals surface area (Å²) in [6.07, 6.45) is -0.616. The van der Waals surface area contributed by atoms with Gasteiger partial charge in [-0.1, -0.05) is 24.3 Å². The SMILES string of the molecule is O=C(NCc1nc2ccccc2[nH]1)c1cc2c([nH]1)N(c1ccc(C(F)(F)F)cc1)CC=C2. The van der Waals surface area contributed by atoms with Gasteiger partial charge in [0.05, 0.1) is 23.1 Å². The first-order valence-corrected chi connectivity index (χ1v) is 9.95. The minimum Gasteiger partial charge on any atom is -0.344 e. The van der Waals surface area contributed by atoms with Gasteiger partial charge in [0.15, 0.2) is 0 Å². The van der Waals surface area contributed by atoms with E-state index >= 15 is 0 Å². The van der Waals surface area contributed by atoms with E-state index in [4.69, 9.17) is 0 Å². The summed E-state index contributed by atoms with van der Waals surface area (Å²) in [6.45, 7) is 0.703. The second kappa shape index (κ2) is 7.60. The van der Waals surface area contributed by atoms with Crippen LogP contribution in [-0.4, -0.2) is 27.4 Å². The molecular weight excluding hydrogens is 419 g/mol. The maximum atomic E-state index is 12.9. The van der Waals surface area contributed by atoms with Gasteiger partial charge in [-0.3, -0.25) is 4.79 Å². The second-order valence-corrected chi connectivity index (χ2v) is 7.43. The van der Waals surface area contributed by atoms with Crippen LogP contribution < -0.4 is 10.2 Å². The number of hydrogen-bond acceptors (Lipinski definition) is 3. The number of aromatic nitrogens is 3. The highest BCUT2D eigenvalue weighted by atomic mass is 19.4. The average Bonchev–Trinajstić information content (AvgIpc) is 3.40. The van der Waals surface area contributed by atoms with Crippen molar-refractivity contribution >= 4 is 34.5 Å². The Morgan fingerprint density at radius 1 is 1.09 bits per heavy atom. The molecule has 0 unspecified atom stereocenters. The van der Waals surface area contributed by atoms with Gasteiger partial charge < -0.3 is 20.2 Å². The third kappa shape index (κ3) is 3.73. The summed E-state index contributed by atoms with van der Waals surface area (Å²) < 4.78 is 38.6. The number of nitrogens with zero attached hydrogens (tertiary/aromatic N) is 2. The Hall–Kier alpha value is -4.01. The number of nitrogens with one attached hydrogen (secondary N) is 3. The van der Waals surface area contributed by atoms with Gasteiger partial charge in [-0.05, 0) is 42.5 Å². The van der Waals surface area contributed by atoms with Crippen LogP contribution in [0.4, 0.5) is 24.7 Å². The maximum Gasteiger partial charge on any atom is 0.416 e. The number of halogens is 3. The Morgan fingerprint density at radius 3 is 2.62 bits per heavy atom. The second-order valence-electron chi connectivity index (χ2n) is 7.43. The lowest BCUT2D eigenvalue weighted by molar-refractivity contribution is -0.137. The number of aromatic amines is 2. The summed E-state index contributed by atoms with van der Waals surface area (Å²) in [7, 11) is 0. The normalized spacial score (nSPS) is 13.4. The molecule has 32 heavy (non-hydrogen) atoms. The number of H-pyrrole nitrogens is 2. The fourth-order valence-electron chi connectivity index (χ4n) is 3.72. The average molecular weight is 437 g/mol. The maximum absolute atomic E-state index is 12.9. The number of fused-ring (bicyclic) bond motifs is 2. The van der Waals surface area contributed by atoms with Crippen molar-refractivity contribution in [3.05, 3.63) is 83.3 Å². The molecule has 0 aliphatic carbocycles. The molecule has 3 heterocycles. The van der Waals surface area contributed by atoms with Gasteiger partial charge in [-0.25, -0.2) is 4.98 Å². The van der Waals surface area contributed by atoms with Crippen molar-refractivity contribution in [2.24, 2.45) is 0 Å². The topological polar surface area (TPSA) is 76.8 Å². The highest BCUT2D eigenvalue weighted by molar-refractivity contribution is 5.95. The minimum absolute atomic E-state index is 0.232. The monoisotopic (exact) mass is 437 g/mol. The lowest BCUT2D eigenvalue weighted by Gasteiger charge is -2.26. The highest BCUT2D eigenvalue weighted by Crippen LogP contribution is 2.35. The van der Waals surface area contributed by atoms with E-state index in [2.05, 4.69) is 20.3 Å². The number of carbonyl (C=O) groups excluding carboxylic acids is 1. The Balaban J connectivity index is 1.33. The van der Waals surface area contributed by atoms with Gasteiger partial charge >= 0.3 is 6.18 Å². The summed E-state index contributed by atoms with van der Waals surface area (Å²) in [5.74, 6) is 0.990. The van der Waals surface area contributed by atoms with Crippen molar-refractivity contribution in [1.29, 1.82) is 0 Å². The summed E-state index contributed by atoms with van der Waals surface area (Å²) in [4.78, 5) is 25.2. The third-order valence-electron chi connectivity index (χ3n) is 5.29. The highest BCUT2D eigenvalue weighted by Gasteiger charge is 2.30. The van der Waals surface area contributed by atoms with Crippen molar-refractivity contribution in [3.63, 3.8) is 0 Å². The van der Waals surface area contributed by atoms with Crippen LogP contribution in [0.5, 0.6) is 0 Å². The molecule has 9 heteroatoms. The van der Waals surface area contributed by atoms with Gasteiger partial charge in [-0.2, -0.15) is 13.2 Å². The van der Waals surface area contributed by atoms with Crippen molar-refractivity contribution < 1.29 is 18.0 Å². The van der Waals surface area contributed by atoms with Gasteiger partial charge in [0.1, 0.15) is 17.3 Å². The van der Waals surface area contributed by atoms with Crippen LogP contribution in [-0.2, 0) is 12.7 Å².